The second-order valence-electron chi connectivity index (χ2n) is 14.8. The summed E-state index contributed by atoms with van der Waals surface area (Å²) < 4.78 is 65.0. The lowest BCUT2D eigenvalue weighted by Gasteiger charge is -2.41. The van der Waals surface area contributed by atoms with Gasteiger partial charge in [0.15, 0.2) is 30.4 Å². The van der Waals surface area contributed by atoms with Gasteiger partial charge in [0.1, 0.15) is 17.6 Å². The van der Waals surface area contributed by atoms with Gasteiger partial charge in [0.05, 0.1) is 36.7 Å². The van der Waals surface area contributed by atoms with E-state index in [9.17, 15) is 27.6 Å². The van der Waals surface area contributed by atoms with Crippen molar-refractivity contribution in [2.75, 3.05) is 33.4 Å². The van der Waals surface area contributed by atoms with E-state index in [1.54, 1.807) is 37.8 Å². The quantitative estimate of drug-likeness (QED) is 0.0797. The van der Waals surface area contributed by atoms with Crippen LogP contribution in [0.1, 0.15) is 69.6 Å². The number of benzene rings is 1. The number of allylic oxidation sites excluding steroid dienone is 2. The van der Waals surface area contributed by atoms with Gasteiger partial charge >= 0.3 is 17.9 Å². The average Bonchev–Trinajstić information content (AvgIpc) is 3.15. The molecule has 0 spiro atoms. The highest BCUT2D eigenvalue weighted by molar-refractivity contribution is 7.89. The minimum atomic E-state index is -4.56. The first-order chi connectivity index (χ1) is 27.2. The van der Waals surface area contributed by atoms with Crippen molar-refractivity contribution in [3.05, 3.63) is 46.6 Å². The van der Waals surface area contributed by atoms with Crippen molar-refractivity contribution in [1.82, 2.24) is 9.62 Å². The summed E-state index contributed by atoms with van der Waals surface area (Å²) in [5.74, 6) is -3.32. The number of ether oxygens (including phenoxy) is 6. The smallest absolute Gasteiger partial charge is 0.303 e. The van der Waals surface area contributed by atoms with Crippen LogP contribution >= 0.6 is 0 Å². The summed E-state index contributed by atoms with van der Waals surface area (Å²) >= 11 is 0. The van der Waals surface area contributed by atoms with Crippen molar-refractivity contribution in [2.24, 2.45) is 16.9 Å². The molecule has 18 nitrogen and oxygen atoms in total. The molecule has 1 unspecified atom stereocenters. The summed E-state index contributed by atoms with van der Waals surface area (Å²) in [4.78, 5) is 66.8. The highest BCUT2D eigenvalue weighted by atomic mass is 32.2. The summed E-state index contributed by atoms with van der Waals surface area (Å²) in [6, 6.07) is -1.34. The zero-order chi connectivity index (χ0) is 43.1. The Hall–Kier alpha value is -4.69. The molecule has 0 radical (unpaired) electrons. The summed E-state index contributed by atoms with van der Waals surface area (Å²) in [6.07, 6.45) is 0.947. The number of nitrogens with two attached hydrogens (primary N) is 2. The van der Waals surface area contributed by atoms with Crippen molar-refractivity contribution < 1.29 is 60.8 Å². The highest BCUT2D eigenvalue weighted by Gasteiger charge is 2.49. The minimum Gasteiger partial charge on any atom is -0.496 e. The lowest BCUT2D eigenvalue weighted by atomic mass is 9.70. The molecule has 3 aliphatic rings. The van der Waals surface area contributed by atoms with E-state index >= 15 is 4.79 Å². The molecular formula is C39H55N5O13S. The van der Waals surface area contributed by atoms with Gasteiger partial charge in [-0.1, -0.05) is 18.2 Å². The van der Waals surface area contributed by atoms with Gasteiger partial charge in [-0.05, 0) is 75.6 Å². The van der Waals surface area contributed by atoms with Crippen LogP contribution in [0.25, 0.3) is 0 Å². The Morgan fingerprint density at radius 2 is 1.60 bits per heavy atom. The number of hydrogen-bond donors (Lipinski definition) is 4. The van der Waals surface area contributed by atoms with Gasteiger partial charge in [-0.3, -0.25) is 29.4 Å². The van der Waals surface area contributed by atoms with Crippen LogP contribution in [-0.4, -0.2) is 119 Å². The maximum Gasteiger partial charge on any atom is 0.303 e. The van der Waals surface area contributed by atoms with E-state index < -0.39 is 89.0 Å². The number of piperidine rings is 1. The van der Waals surface area contributed by atoms with Crippen molar-refractivity contribution in [2.45, 2.75) is 115 Å². The van der Waals surface area contributed by atoms with Crippen molar-refractivity contribution in [1.29, 1.82) is 5.41 Å². The molecule has 0 bridgehead atoms. The van der Waals surface area contributed by atoms with Gasteiger partial charge in [-0.15, -0.1) is 0 Å². The van der Waals surface area contributed by atoms with Gasteiger partial charge in [0.25, 0.3) is 0 Å². The van der Waals surface area contributed by atoms with E-state index in [0.29, 0.717) is 41.1 Å². The number of ketones is 1. The van der Waals surface area contributed by atoms with Crippen molar-refractivity contribution in [3.63, 3.8) is 0 Å². The fourth-order valence-electron chi connectivity index (χ4n) is 7.59. The number of hydrogen-bond acceptors (Lipinski definition) is 15. The molecule has 1 amide bonds. The number of amidine groups is 1. The van der Waals surface area contributed by atoms with Crippen LogP contribution in [0.4, 0.5) is 0 Å². The van der Waals surface area contributed by atoms with Crippen LogP contribution in [0.3, 0.4) is 0 Å². The van der Waals surface area contributed by atoms with E-state index in [0.717, 1.165) is 40.0 Å². The average molecular weight is 834 g/mol. The molecule has 1 aromatic rings. The van der Waals surface area contributed by atoms with Crippen molar-refractivity contribution >= 4 is 45.5 Å². The maximum atomic E-state index is 15.2. The van der Waals surface area contributed by atoms with E-state index in [1.165, 1.54) is 19.3 Å². The van der Waals surface area contributed by atoms with Crippen LogP contribution in [0, 0.1) is 31.6 Å². The van der Waals surface area contributed by atoms with Gasteiger partial charge in [-0.25, -0.2) is 8.42 Å². The van der Waals surface area contributed by atoms with E-state index in [4.69, 9.17) is 45.3 Å². The first kappa shape index (κ1) is 46.0. The molecular weight excluding hydrogens is 779 g/mol. The van der Waals surface area contributed by atoms with Crippen molar-refractivity contribution in [3.8, 4) is 5.75 Å². The molecule has 0 saturated carbocycles. The van der Waals surface area contributed by atoms with Gasteiger partial charge in [0.2, 0.25) is 15.9 Å². The molecule has 7 atom stereocenters. The molecule has 320 valence electrons. The molecule has 0 aromatic heterocycles. The number of rotatable bonds is 16. The van der Waals surface area contributed by atoms with Gasteiger partial charge in [0, 0.05) is 39.4 Å². The molecule has 4 rings (SSSR count). The lowest BCUT2D eigenvalue weighted by molar-refractivity contribution is -0.281. The number of carbonyl (C=O) groups is 5. The van der Waals surface area contributed by atoms with Crippen LogP contribution in [0.2, 0.25) is 0 Å². The van der Waals surface area contributed by atoms with E-state index in [1.807, 2.05) is 0 Å². The largest absolute Gasteiger partial charge is 0.496 e. The zero-order valence-corrected chi connectivity index (χ0v) is 34.8. The third-order valence-electron chi connectivity index (χ3n) is 10.5. The number of carbonyl (C=O) groups excluding carboxylic acids is 5. The zero-order valence-electron chi connectivity index (χ0n) is 34.0. The summed E-state index contributed by atoms with van der Waals surface area (Å²) in [7, 11) is -3.10. The molecule has 58 heavy (non-hydrogen) atoms. The third-order valence-corrected chi connectivity index (χ3v) is 12.2. The number of esters is 3. The SMILES string of the molecule is COc1cc(C)c(S(=O)(=O)N[C@@H](CO[C@@H]2OC[C@@H](OC(C)=O)[C@@H](OC(C)=O)[C@H]2OC(C)=O)C(=O)C2(C[C@@H](N)C(=O)N3CCCCC3)C=CC(C(=N)N)=CC2)c(C)c1C. The predicted octanol–water partition coefficient (Wildman–Crippen LogP) is 1.54. The fraction of sp³-hybridized carbons (Fsp3) is 0.590. The lowest BCUT2D eigenvalue weighted by Crippen LogP contribution is -2.59. The number of amides is 1. The third kappa shape index (κ3) is 10.9. The minimum absolute atomic E-state index is 0.106. The Kier molecular flexibility index (Phi) is 15.4. The number of nitrogens with zero attached hydrogens (tertiary/aromatic N) is 1. The van der Waals surface area contributed by atoms with Crippen LogP contribution in [0.5, 0.6) is 5.75 Å². The molecule has 2 saturated heterocycles. The summed E-state index contributed by atoms with van der Waals surface area (Å²) in [5, 5.41) is 7.97. The van der Waals surface area contributed by atoms with Crippen LogP contribution in [-0.2, 0) is 57.7 Å². The molecule has 2 aliphatic heterocycles. The Morgan fingerprint density at radius 1 is 0.983 bits per heavy atom. The number of Topliss-reactive ketones (excluding diaryl/α,β-unsaturated/α-hetero) is 1. The molecule has 6 N–H and O–H groups in total. The number of nitrogens with one attached hydrogen (secondary N) is 2. The summed E-state index contributed by atoms with van der Waals surface area (Å²) in [6.45, 7) is 8.05. The number of likely N-dealkylation sites (tertiary alicyclic amines) is 1. The van der Waals surface area contributed by atoms with E-state index in [-0.39, 0.29) is 29.5 Å². The van der Waals surface area contributed by atoms with Gasteiger partial charge < -0.3 is 44.8 Å². The standard InChI is InChI=1S/C39H55N5O13S/c1-21-17-30(52-7)22(2)23(3)34(21)58(50,51)43-29(19-53-38-33(57-26(6)47)32(56-25(5)46)31(20-54-38)55-24(4)45)35(48)39(13-11-27(12-14-39)36(41)42)18-28(40)37(49)44-15-9-8-10-16-44/h11-13,17,28-29,31-33,38,43H,8-10,14-16,18-20,40H2,1-7H3,(H3,41,42)/t28-,29+,31-,32-,33-,38-,39?/m1/s1. The highest BCUT2D eigenvalue weighted by Crippen LogP contribution is 2.38. The van der Waals surface area contributed by atoms with Crippen LogP contribution < -0.4 is 20.9 Å². The molecule has 19 heteroatoms. The van der Waals surface area contributed by atoms with E-state index in [2.05, 4.69) is 4.72 Å². The Bertz CT molecular complexity index is 1940. The second-order valence-corrected chi connectivity index (χ2v) is 16.5. The Labute approximate surface area is 338 Å². The Balaban J connectivity index is 1.80. The molecule has 2 heterocycles. The fourth-order valence-corrected chi connectivity index (χ4v) is 9.29. The molecule has 1 aliphatic carbocycles. The maximum absolute atomic E-state index is 15.2. The molecule has 2 fully saturated rings. The van der Waals surface area contributed by atoms with Crippen LogP contribution in [0.15, 0.2) is 34.8 Å². The number of aryl methyl sites for hydroxylation is 1. The first-order valence-corrected chi connectivity index (χ1v) is 20.4. The topological polar surface area (TPSA) is 266 Å². The predicted molar refractivity (Wildman–Crippen MR) is 208 cm³/mol. The number of methoxy groups -OCH3 is 1. The molecule has 1 aromatic carbocycles. The number of sulfonamides is 1. The second kappa shape index (κ2) is 19.4. The normalized spacial score (nSPS) is 24.5. The first-order valence-electron chi connectivity index (χ1n) is 19.0. The monoisotopic (exact) mass is 833 g/mol. The van der Waals surface area contributed by atoms with Gasteiger partial charge in [-0.2, -0.15) is 4.72 Å². The summed E-state index contributed by atoms with van der Waals surface area (Å²) in [5.41, 5.74) is 12.2. The Morgan fingerprint density at radius 3 is 2.16 bits per heavy atom.